The fourth-order valence-electron chi connectivity index (χ4n) is 6.24. The second-order valence-corrected chi connectivity index (χ2v) is 14.8. The maximum Gasteiger partial charge on any atom is 0.306 e. The van der Waals surface area contributed by atoms with E-state index in [1.807, 2.05) is 0 Å². The lowest BCUT2D eigenvalue weighted by Crippen LogP contribution is -2.59. The van der Waals surface area contributed by atoms with Crippen LogP contribution in [0.5, 0.6) is 0 Å². The number of hydrogen-bond acceptors (Lipinski definition) is 9. The van der Waals surface area contributed by atoms with Crippen molar-refractivity contribution in [2.45, 2.75) is 205 Å². The number of hydrogen-bond donors (Lipinski definition) is 4. The first-order valence-corrected chi connectivity index (χ1v) is 21.7. The topological polar surface area (TPSA) is 135 Å². The zero-order valence-corrected chi connectivity index (χ0v) is 34.2. The minimum absolute atomic E-state index is 0.122. The Morgan fingerprint density at radius 3 is 1.69 bits per heavy atom. The zero-order valence-electron chi connectivity index (χ0n) is 34.2. The van der Waals surface area contributed by atoms with Gasteiger partial charge in [-0.05, 0) is 70.6 Å². The lowest BCUT2D eigenvalue weighted by molar-refractivity contribution is -0.305. The van der Waals surface area contributed by atoms with Gasteiger partial charge in [-0.2, -0.15) is 0 Å². The summed E-state index contributed by atoms with van der Waals surface area (Å²) < 4.78 is 22.7. The lowest BCUT2D eigenvalue weighted by atomic mass is 9.99. The summed E-state index contributed by atoms with van der Waals surface area (Å²) in [5.74, 6) is -0.330. The van der Waals surface area contributed by atoms with E-state index in [1.165, 1.54) is 64.2 Å². The molecule has 0 spiro atoms. The lowest BCUT2D eigenvalue weighted by Gasteiger charge is -2.39. The average molecular weight is 765 g/mol. The van der Waals surface area contributed by atoms with Gasteiger partial charge in [0.2, 0.25) is 0 Å². The van der Waals surface area contributed by atoms with E-state index in [2.05, 4.69) is 62.5 Å². The minimum Gasteiger partial charge on any atom is -0.457 e. The van der Waals surface area contributed by atoms with Crippen molar-refractivity contribution in [2.24, 2.45) is 0 Å². The van der Waals surface area contributed by atoms with Crippen LogP contribution in [0.1, 0.15) is 168 Å². The van der Waals surface area contributed by atoms with E-state index >= 15 is 0 Å². The molecule has 0 amide bonds. The van der Waals surface area contributed by atoms with Crippen LogP contribution in [0.4, 0.5) is 0 Å². The van der Waals surface area contributed by atoms with E-state index in [-0.39, 0.29) is 19.2 Å². The van der Waals surface area contributed by atoms with E-state index in [1.54, 1.807) is 0 Å². The molecule has 0 aromatic rings. The number of carbonyl (C=O) groups excluding carboxylic acids is 1. The summed E-state index contributed by atoms with van der Waals surface area (Å²) in [7, 11) is 0. The van der Waals surface area contributed by atoms with Gasteiger partial charge in [0.25, 0.3) is 0 Å². The third kappa shape index (κ3) is 27.7. The summed E-state index contributed by atoms with van der Waals surface area (Å²) in [5.41, 5.74) is 0. The summed E-state index contributed by atoms with van der Waals surface area (Å²) in [6, 6.07) is 0. The van der Waals surface area contributed by atoms with Crippen LogP contribution in [0, 0.1) is 0 Å². The molecular formula is C45H80O9. The van der Waals surface area contributed by atoms with Crippen LogP contribution in [0.15, 0.2) is 48.6 Å². The Morgan fingerprint density at radius 2 is 1.09 bits per heavy atom. The number of unbranched alkanes of at least 4 members (excludes halogenated alkanes) is 17. The Hall–Kier alpha value is -1.85. The molecule has 0 radical (unpaired) electrons. The monoisotopic (exact) mass is 765 g/mol. The predicted octanol–water partition coefficient (Wildman–Crippen LogP) is 9.36. The number of esters is 1. The van der Waals surface area contributed by atoms with Gasteiger partial charge in [-0.3, -0.25) is 4.79 Å². The summed E-state index contributed by atoms with van der Waals surface area (Å²) in [6.07, 6.45) is 37.1. The van der Waals surface area contributed by atoms with Crippen LogP contribution in [0.3, 0.4) is 0 Å². The third-order valence-electron chi connectivity index (χ3n) is 9.72. The molecule has 9 nitrogen and oxygen atoms in total. The van der Waals surface area contributed by atoms with Crippen LogP contribution in [0.2, 0.25) is 0 Å². The second-order valence-electron chi connectivity index (χ2n) is 14.8. The first kappa shape index (κ1) is 50.2. The van der Waals surface area contributed by atoms with E-state index in [0.717, 1.165) is 83.5 Å². The molecule has 1 aliphatic rings. The molecule has 1 aliphatic heterocycles. The van der Waals surface area contributed by atoms with Crippen molar-refractivity contribution in [2.75, 3.05) is 26.4 Å². The van der Waals surface area contributed by atoms with Crippen molar-refractivity contribution >= 4 is 5.97 Å². The van der Waals surface area contributed by atoms with Gasteiger partial charge in [0.1, 0.15) is 30.5 Å². The molecule has 4 N–H and O–H groups in total. The van der Waals surface area contributed by atoms with E-state index in [9.17, 15) is 25.2 Å². The first-order chi connectivity index (χ1) is 26.4. The normalized spacial score (nSPS) is 21.3. The molecule has 1 fully saturated rings. The van der Waals surface area contributed by atoms with Crippen molar-refractivity contribution in [1.29, 1.82) is 0 Å². The van der Waals surface area contributed by atoms with Gasteiger partial charge < -0.3 is 39.4 Å². The van der Waals surface area contributed by atoms with E-state index < -0.39 is 43.4 Å². The number of aliphatic hydroxyl groups is 4. The molecule has 9 heteroatoms. The first-order valence-electron chi connectivity index (χ1n) is 21.7. The van der Waals surface area contributed by atoms with E-state index in [0.29, 0.717) is 13.0 Å². The third-order valence-corrected chi connectivity index (χ3v) is 9.72. The Balaban J connectivity index is 2.26. The molecule has 0 aromatic heterocycles. The van der Waals surface area contributed by atoms with Gasteiger partial charge >= 0.3 is 5.97 Å². The predicted molar refractivity (Wildman–Crippen MR) is 219 cm³/mol. The molecule has 0 bridgehead atoms. The van der Waals surface area contributed by atoms with Crippen molar-refractivity contribution < 1.29 is 44.2 Å². The summed E-state index contributed by atoms with van der Waals surface area (Å²) in [6.45, 7) is 4.45. The number of allylic oxidation sites excluding steroid dienone is 8. The summed E-state index contributed by atoms with van der Waals surface area (Å²) in [4.78, 5) is 12.7. The molecular weight excluding hydrogens is 684 g/mol. The molecule has 0 saturated carbocycles. The van der Waals surface area contributed by atoms with Gasteiger partial charge in [-0.25, -0.2) is 0 Å². The van der Waals surface area contributed by atoms with Crippen LogP contribution in [-0.2, 0) is 23.7 Å². The second kappa shape index (κ2) is 36.8. The van der Waals surface area contributed by atoms with Crippen LogP contribution in [-0.4, -0.2) is 89.6 Å². The largest absolute Gasteiger partial charge is 0.457 e. The van der Waals surface area contributed by atoms with E-state index in [4.69, 9.17) is 18.9 Å². The molecule has 6 atom stereocenters. The molecule has 0 aromatic carbocycles. The van der Waals surface area contributed by atoms with Crippen molar-refractivity contribution in [3.05, 3.63) is 48.6 Å². The number of aliphatic hydroxyl groups excluding tert-OH is 4. The maximum atomic E-state index is 12.7. The van der Waals surface area contributed by atoms with Crippen molar-refractivity contribution in [3.8, 4) is 0 Å². The Labute approximate surface area is 329 Å². The quantitative estimate of drug-likeness (QED) is 0.0280. The number of ether oxygens (including phenoxy) is 4. The summed E-state index contributed by atoms with van der Waals surface area (Å²) >= 11 is 0. The molecule has 1 saturated heterocycles. The van der Waals surface area contributed by atoms with Crippen molar-refractivity contribution in [3.63, 3.8) is 0 Å². The van der Waals surface area contributed by atoms with Crippen LogP contribution in [0.25, 0.3) is 0 Å². The number of rotatable bonds is 36. The Kier molecular flexibility index (Phi) is 34.2. The molecule has 1 heterocycles. The standard InChI is InChI=1S/C45H80O9/c1-3-5-7-9-11-13-15-16-17-18-19-20-21-22-23-25-27-29-31-33-35-51-37-39(38-52-45-44(50)43(49)42(48)40(36-46)54-45)53-41(47)34-32-30-28-26-24-14-12-10-8-6-4-2/h10-13,16-17,19-20,39-40,42-46,48-50H,3-9,14-15,18,21-38H2,1-2H3/b12-10-,13-11-,17-16-,20-19-. The fourth-order valence-corrected chi connectivity index (χ4v) is 6.24. The Bertz CT molecular complexity index is 963. The molecule has 314 valence electrons. The van der Waals surface area contributed by atoms with Crippen LogP contribution >= 0.6 is 0 Å². The van der Waals surface area contributed by atoms with Gasteiger partial charge in [0, 0.05) is 13.0 Å². The number of carbonyl (C=O) groups is 1. The van der Waals surface area contributed by atoms with Gasteiger partial charge in [-0.15, -0.1) is 0 Å². The summed E-state index contributed by atoms with van der Waals surface area (Å²) in [5, 5.41) is 40.0. The highest BCUT2D eigenvalue weighted by Crippen LogP contribution is 2.22. The Morgan fingerprint density at radius 1 is 0.593 bits per heavy atom. The van der Waals surface area contributed by atoms with Gasteiger partial charge in [-0.1, -0.05) is 140 Å². The smallest absolute Gasteiger partial charge is 0.306 e. The molecule has 54 heavy (non-hydrogen) atoms. The van der Waals surface area contributed by atoms with Gasteiger partial charge in [0.15, 0.2) is 6.29 Å². The molecule has 1 rings (SSSR count). The molecule has 0 aliphatic carbocycles. The van der Waals surface area contributed by atoms with Gasteiger partial charge in [0.05, 0.1) is 19.8 Å². The zero-order chi connectivity index (χ0) is 39.3. The average Bonchev–Trinajstić information content (AvgIpc) is 3.17. The highest BCUT2D eigenvalue weighted by atomic mass is 16.7. The highest BCUT2D eigenvalue weighted by molar-refractivity contribution is 5.69. The highest BCUT2D eigenvalue weighted by Gasteiger charge is 2.44. The van der Waals surface area contributed by atoms with Crippen molar-refractivity contribution in [1.82, 2.24) is 0 Å². The maximum absolute atomic E-state index is 12.7. The minimum atomic E-state index is -1.54. The van der Waals surface area contributed by atoms with Crippen LogP contribution < -0.4 is 0 Å². The SMILES string of the molecule is CCCC/C=C\CCCCCCCC(=O)OC(COCCCCCCCCC/C=C\C/C=C\C/C=C\CCCCC)COC1OC(CO)C(O)C(O)C1O. The molecule has 6 unspecified atom stereocenters. The fraction of sp³-hybridized carbons (Fsp3) is 0.800.